The largest absolute Gasteiger partial charge is 0.492 e. The Labute approximate surface area is 206 Å². The van der Waals surface area contributed by atoms with Crippen LogP contribution in [0.5, 0.6) is 5.75 Å². The van der Waals surface area contributed by atoms with Gasteiger partial charge < -0.3 is 25.4 Å². The van der Waals surface area contributed by atoms with Crippen molar-refractivity contribution in [1.29, 1.82) is 0 Å². The number of nitrogens with zero attached hydrogens (tertiary/aromatic N) is 1. The summed E-state index contributed by atoms with van der Waals surface area (Å²) in [6.45, 7) is 5.27. The smallest absolute Gasteiger partial charge is 0.433 e. The number of anilines is 3. The third-order valence-electron chi connectivity index (χ3n) is 5.20. The van der Waals surface area contributed by atoms with Crippen molar-refractivity contribution in [2.75, 3.05) is 36.7 Å². The van der Waals surface area contributed by atoms with Gasteiger partial charge in [0, 0.05) is 19.5 Å². The monoisotopic (exact) mass is 510 g/mol. The van der Waals surface area contributed by atoms with Gasteiger partial charge in [-0.25, -0.2) is 4.98 Å². The van der Waals surface area contributed by atoms with Crippen molar-refractivity contribution in [3.05, 3.63) is 41.7 Å². The highest BCUT2D eigenvalue weighted by Gasteiger charge is 2.33. The molecule has 0 fully saturated rings. The zero-order valence-corrected chi connectivity index (χ0v) is 20.6. The van der Waals surface area contributed by atoms with Crippen LogP contribution in [0.1, 0.15) is 49.8 Å². The van der Waals surface area contributed by atoms with Crippen LogP contribution in [0.25, 0.3) is 0 Å². The number of benzene rings is 1. The minimum absolute atomic E-state index is 0.0366. The molecule has 36 heavy (non-hydrogen) atoms. The highest BCUT2D eigenvalue weighted by Crippen LogP contribution is 2.36. The first-order chi connectivity index (χ1) is 16.8. The molecule has 0 atom stereocenters. The maximum atomic E-state index is 13.0. The number of amides is 2. The number of hydrogen-bond acceptors (Lipinski definition) is 7. The fraction of sp³-hybridized carbons (Fsp3) is 0.417. The summed E-state index contributed by atoms with van der Waals surface area (Å²) in [5.74, 6) is -1.48. The van der Waals surface area contributed by atoms with E-state index in [1.807, 2.05) is 0 Å². The van der Waals surface area contributed by atoms with E-state index in [4.69, 9.17) is 9.47 Å². The Hall–Kier alpha value is -3.83. The summed E-state index contributed by atoms with van der Waals surface area (Å²) in [5, 5.41) is 8.15. The van der Waals surface area contributed by atoms with E-state index in [0.717, 1.165) is 18.2 Å². The molecule has 9 nitrogen and oxygen atoms in total. The van der Waals surface area contributed by atoms with E-state index < -0.39 is 34.9 Å². The zero-order valence-electron chi connectivity index (χ0n) is 20.6. The van der Waals surface area contributed by atoms with Crippen molar-refractivity contribution >= 4 is 34.8 Å². The lowest BCUT2D eigenvalue weighted by Crippen LogP contribution is -2.27. The van der Waals surface area contributed by atoms with Gasteiger partial charge in [0.2, 0.25) is 5.91 Å². The van der Waals surface area contributed by atoms with Crippen LogP contribution in [0.4, 0.5) is 30.2 Å². The van der Waals surface area contributed by atoms with E-state index in [1.165, 1.54) is 19.2 Å². The fourth-order valence-corrected chi connectivity index (χ4v) is 3.19. The number of carbonyl (C=O) groups excluding carboxylic acids is 3. The summed E-state index contributed by atoms with van der Waals surface area (Å²) < 4.78 is 49.2. The Morgan fingerprint density at radius 3 is 2.31 bits per heavy atom. The molecule has 0 aliphatic rings. The fourth-order valence-electron chi connectivity index (χ4n) is 3.19. The summed E-state index contributed by atoms with van der Waals surface area (Å²) >= 11 is 0. The van der Waals surface area contributed by atoms with Crippen LogP contribution in [0.15, 0.2) is 30.3 Å². The van der Waals surface area contributed by atoms with Gasteiger partial charge in [0.25, 0.3) is 5.91 Å². The summed E-state index contributed by atoms with van der Waals surface area (Å²) in [6, 6.07) is 5.98. The van der Waals surface area contributed by atoms with Gasteiger partial charge in [0.15, 0.2) is 0 Å². The van der Waals surface area contributed by atoms with Gasteiger partial charge in [0.1, 0.15) is 17.1 Å². The molecule has 1 heterocycles. The van der Waals surface area contributed by atoms with Crippen LogP contribution in [-0.2, 0) is 20.5 Å². The molecular weight excluding hydrogens is 481 g/mol. The Morgan fingerprint density at radius 1 is 1.03 bits per heavy atom. The lowest BCUT2D eigenvalue weighted by Gasteiger charge is -2.21. The lowest BCUT2D eigenvalue weighted by atomic mass is 9.88. The summed E-state index contributed by atoms with van der Waals surface area (Å²) in [6.07, 6.45) is -4.41. The number of nitrogens with one attached hydrogen (secondary N) is 3. The standard InChI is InChI=1S/C24H29F3N4O5/c1-6-36-18-13-16(30-20(32)10-11-23(2,3)22(34)35-5)15(28-4)12-17(18)31-21(33)14-8-7-9-19(29-14)24(25,26)27/h7-9,12-13,28H,6,10-11H2,1-5H3,(H,30,32)(H,31,33). The summed E-state index contributed by atoms with van der Waals surface area (Å²) in [7, 11) is 2.87. The molecule has 0 aliphatic carbocycles. The van der Waals surface area contributed by atoms with Crippen LogP contribution in [0.2, 0.25) is 0 Å². The normalized spacial score (nSPS) is 11.4. The Morgan fingerprint density at radius 2 is 1.72 bits per heavy atom. The first-order valence-corrected chi connectivity index (χ1v) is 11.0. The van der Waals surface area contributed by atoms with Crippen molar-refractivity contribution < 1.29 is 37.0 Å². The van der Waals surface area contributed by atoms with E-state index in [-0.39, 0.29) is 36.8 Å². The summed E-state index contributed by atoms with van der Waals surface area (Å²) in [5.41, 5.74) is -1.55. The van der Waals surface area contributed by atoms with Gasteiger partial charge in [-0.15, -0.1) is 0 Å². The molecule has 1 aromatic heterocycles. The SMILES string of the molecule is CCOc1cc(NC(=O)CCC(C)(C)C(=O)OC)c(NC)cc1NC(=O)c1cccc(C(F)(F)F)n1. The predicted octanol–water partition coefficient (Wildman–Crippen LogP) is 4.71. The maximum absolute atomic E-state index is 13.0. The highest BCUT2D eigenvalue weighted by atomic mass is 19.4. The van der Waals surface area contributed by atoms with Gasteiger partial charge in [-0.05, 0) is 45.4 Å². The van der Waals surface area contributed by atoms with Crippen LogP contribution in [-0.4, -0.2) is 43.5 Å². The second-order valence-corrected chi connectivity index (χ2v) is 8.36. The molecule has 0 saturated heterocycles. The molecule has 0 unspecified atom stereocenters. The number of hydrogen-bond donors (Lipinski definition) is 3. The number of ether oxygens (including phenoxy) is 2. The number of halogens is 3. The van der Waals surface area contributed by atoms with Crippen molar-refractivity contribution in [1.82, 2.24) is 4.98 Å². The molecule has 12 heteroatoms. The molecule has 0 spiro atoms. The number of rotatable bonds is 10. The second-order valence-electron chi connectivity index (χ2n) is 8.36. The van der Waals surface area contributed by atoms with E-state index in [2.05, 4.69) is 20.9 Å². The lowest BCUT2D eigenvalue weighted by molar-refractivity contribution is -0.151. The van der Waals surface area contributed by atoms with Crippen molar-refractivity contribution in [2.24, 2.45) is 5.41 Å². The first kappa shape index (κ1) is 28.4. The third kappa shape index (κ3) is 7.33. The van der Waals surface area contributed by atoms with Crippen molar-refractivity contribution in [3.63, 3.8) is 0 Å². The molecule has 0 aliphatic heterocycles. The molecule has 1 aromatic carbocycles. The number of pyridine rings is 1. The van der Waals surface area contributed by atoms with Crippen LogP contribution in [0.3, 0.4) is 0 Å². The molecule has 2 amide bonds. The summed E-state index contributed by atoms with van der Waals surface area (Å²) in [4.78, 5) is 40.4. The van der Waals surface area contributed by atoms with Crippen molar-refractivity contribution in [2.45, 2.75) is 39.8 Å². The Balaban J connectivity index is 2.27. The topological polar surface area (TPSA) is 119 Å². The van der Waals surface area contributed by atoms with Gasteiger partial charge in [-0.2, -0.15) is 13.2 Å². The predicted molar refractivity (Wildman–Crippen MR) is 128 cm³/mol. The quantitative estimate of drug-likeness (QED) is 0.396. The van der Waals surface area contributed by atoms with Gasteiger partial charge in [-0.1, -0.05) is 6.07 Å². The van der Waals surface area contributed by atoms with E-state index >= 15 is 0 Å². The molecule has 0 saturated carbocycles. The van der Waals surface area contributed by atoms with E-state index in [1.54, 1.807) is 27.8 Å². The van der Waals surface area contributed by atoms with Gasteiger partial charge in [0.05, 0.1) is 36.2 Å². The molecule has 2 aromatic rings. The van der Waals surface area contributed by atoms with Crippen LogP contribution < -0.4 is 20.7 Å². The molecule has 2 rings (SSSR count). The van der Waals surface area contributed by atoms with E-state index in [0.29, 0.717) is 11.4 Å². The molecule has 0 bridgehead atoms. The van der Waals surface area contributed by atoms with Gasteiger partial charge in [-0.3, -0.25) is 14.4 Å². The minimum atomic E-state index is -4.70. The number of aromatic nitrogens is 1. The van der Waals surface area contributed by atoms with Crippen LogP contribution in [0, 0.1) is 5.41 Å². The molecule has 0 radical (unpaired) electrons. The average Bonchev–Trinajstić information content (AvgIpc) is 2.83. The maximum Gasteiger partial charge on any atom is 0.433 e. The van der Waals surface area contributed by atoms with E-state index in [9.17, 15) is 27.6 Å². The van der Waals surface area contributed by atoms with Crippen molar-refractivity contribution in [3.8, 4) is 5.75 Å². The second kappa shape index (κ2) is 11.7. The number of alkyl halides is 3. The Kier molecular flexibility index (Phi) is 9.26. The molecule has 196 valence electrons. The number of esters is 1. The average molecular weight is 511 g/mol. The first-order valence-electron chi connectivity index (χ1n) is 11.0. The third-order valence-corrected chi connectivity index (χ3v) is 5.20. The Bertz CT molecular complexity index is 1120. The highest BCUT2D eigenvalue weighted by molar-refractivity contribution is 6.05. The molecular formula is C24H29F3N4O5. The van der Waals surface area contributed by atoms with Crippen LogP contribution >= 0.6 is 0 Å². The van der Waals surface area contributed by atoms with Gasteiger partial charge >= 0.3 is 12.1 Å². The number of carbonyl (C=O) groups is 3. The zero-order chi connectivity index (χ0) is 27.1. The molecule has 3 N–H and O–H groups in total. The number of methoxy groups -OCH3 is 1. The minimum Gasteiger partial charge on any atom is -0.492 e.